The van der Waals surface area contributed by atoms with Gasteiger partial charge in [-0.1, -0.05) is 6.92 Å². The third-order valence-corrected chi connectivity index (χ3v) is 2.41. The molecule has 102 valence electrons. The lowest BCUT2D eigenvalue weighted by Gasteiger charge is -2.22. The normalized spacial score (nSPS) is 11.2. The zero-order chi connectivity index (χ0) is 13.1. The lowest BCUT2D eigenvalue weighted by atomic mass is 10.3. The number of ether oxygens (including phenoxy) is 3. The summed E-state index contributed by atoms with van der Waals surface area (Å²) in [7, 11) is 1.40. The highest BCUT2D eigenvalue weighted by molar-refractivity contribution is 5.71. The number of hydrogen-bond donors (Lipinski definition) is 0. The summed E-state index contributed by atoms with van der Waals surface area (Å²) >= 11 is 0. The molecular weight excluding hydrogens is 222 g/mol. The van der Waals surface area contributed by atoms with Crippen LogP contribution in [-0.4, -0.2) is 57.1 Å². The fraction of sp³-hybridized carbons (Fsp3) is 0.917. The smallest absolute Gasteiger partial charge is 0.319 e. The molecule has 0 fully saturated rings. The molecule has 0 aliphatic rings. The first-order chi connectivity index (χ1) is 8.17. The molecule has 0 rings (SSSR count). The van der Waals surface area contributed by atoms with Gasteiger partial charge in [0.2, 0.25) is 0 Å². The molecule has 0 atom stereocenters. The Balaban J connectivity index is 3.96. The molecule has 0 bridgehead atoms. The second-order valence-electron chi connectivity index (χ2n) is 3.57. The Kier molecular flexibility index (Phi) is 10.1. The molecule has 0 amide bonds. The van der Waals surface area contributed by atoms with Crippen molar-refractivity contribution in [1.82, 2.24) is 4.90 Å². The molecule has 0 aromatic rings. The van der Waals surface area contributed by atoms with Gasteiger partial charge in [0.1, 0.15) is 0 Å². The molecule has 0 heterocycles. The van der Waals surface area contributed by atoms with E-state index in [1.165, 1.54) is 7.11 Å². The van der Waals surface area contributed by atoms with Gasteiger partial charge in [-0.05, 0) is 20.4 Å². The molecular formula is C12H25NO4. The van der Waals surface area contributed by atoms with Crippen molar-refractivity contribution in [2.75, 3.05) is 40.0 Å². The lowest BCUT2D eigenvalue weighted by molar-refractivity contribution is -0.147. The topological polar surface area (TPSA) is 48.0 Å². The number of rotatable bonds is 10. The number of nitrogens with zero attached hydrogens (tertiary/aromatic N) is 1. The number of likely N-dealkylation sites (N-methyl/N-ethyl adjacent to an activating group) is 1. The molecule has 0 aliphatic carbocycles. The molecule has 5 heteroatoms. The van der Waals surface area contributed by atoms with Gasteiger partial charge in [-0.2, -0.15) is 0 Å². The van der Waals surface area contributed by atoms with E-state index in [0.29, 0.717) is 19.8 Å². The Hall–Kier alpha value is -0.650. The Morgan fingerprint density at radius 2 is 1.76 bits per heavy atom. The Labute approximate surface area is 104 Å². The molecule has 0 aromatic heterocycles. The van der Waals surface area contributed by atoms with E-state index in [-0.39, 0.29) is 12.3 Å². The predicted molar refractivity (Wildman–Crippen MR) is 65.8 cm³/mol. The lowest BCUT2D eigenvalue weighted by Crippen LogP contribution is -2.34. The van der Waals surface area contributed by atoms with Crippen LogP contribution >= 0.6 is 0 Å². The molecule has 0 saturated carbocycles. The van der Waals surface area contributed by atoms with Crippen molar-refractivity contribution < 1.29 is 19.0 Å². The summed E-state index contributed by atoms with van der Waals surface area (Å²) < 4.78 is 15.5. The number of carbonyl (C=O) groups excluding carboxylic acids is 1. The van der Waals surface area contributed by atoms with Crippen LogP contribution in [0.25, 0.3) is 0 Å². The van der Waals surface area contributed by atoms with E-state index in [0.717, 1.165) is 19.5 Å². The standard InChI is InChI=1S/C12H25NO4/c1-5-13(10-11(14)15-4)9-8-12(16-6-2)17-7-3/h12H,5-10H2,1-4H3. The monoisotopic (exact) mass is 247 g/mol. The van der Waals surface area contributed by atoms with Crippen LogP contribution in [0.3, 0.4) is 0 Å². The second kappa shape index (κ2) is 10.5. The van der Waals surface area contributed by atoms with Crippen LogP contribution in [0.4, 0.5) is 0 Å². The first-order valence-corrected chi connectivity index (χ1v) is 6.20. The van der Waals surface area contributed by atoms with Crippen LogP contribution in [0.2, 0.25) is 0 Å². The largest absolute Gasteiger partial charge is 0.468 e. The van der Waals surface area contributed by atoms with E-state index < -0.39 is 0 Å². The van der Waals surface area contributed by atoms with Crippen LogP contribution < -0.4 is 0 Å². The van der Waals surface area contributed by atoms with E-state index in [2.05, 4.69) is 4.74 Å². The summed E-state index contributed by atoms with van der Waals surface area (Å²) in [6.07, 6.45) is 0.573. The van der Waals surface area contributed by atoms with Gasteiger partial charge in [-0.15, -0.1) is 0 Å². The highest BCUT2D eigenvalue weighted by Gasteiger charge is 2.13. The summed E-state index contributed by atoms with van der Waals surface area (Å²) in [6.45, 7) is 9.05. The summed E-state index contributed by atoms with van der Waals surface area (Å²) in [6, 6.07) is 0. The van der Waals surface area contributed by atoms with Gasteiger partial charge < -0.3 is 14.2 Å². The van der Waals surface area contributed by atoms with Crippen molar-refractivity contribution >= 4 is 5.97 Å². The van der Waals surface area contributed by atoms with Gasteiger partial charge in [0.05, 0.1) is 13.7 Å². The van der Waals surface area contributed by atoms with E-state index in [1.54, 1.807) is 0 Å². The zero-order valence-electron chi connectivity index (χ0n) is 11.4. The van der Waals surface area contributed by atoms with E-state index >= 15 is 0 Å². The Morgan fingerprint density at radius 1 is 1.18 bits per heavy atom. The van der Waals surface area contributed by atoms with Crippen molar-refractivity contribution in [2.24, 2.45) is 0 Å². The zero-order valence-corrected chi connectivity index (χ0v) is 11.4. The predicted octanol–water partition coefficient (Wildman–Crippen LogP) is 1.27. The van der Waals surface area contributed by atoms with Crippen LogP contribution in [-0.2, 0) is 19.0 Å². The van der Waals surface area contributed by atoms with Gasteiger partial charge in [-0.25, -0.2) is 0 Å². The fourth-order valence-electron chi connectivity index (χ4n) is 1.47. The molecule has 17 heavy (non-hydrogen) atoms. The number of carbonyl (C=O) groups is 1. The minimum Gasteiger partial charge on any atom is -0.468 e. The fourth-order valence-corrected chi connectivity index (χ4v) is 1.47. The number of esters is 1. The first-order valence-electron chi connectivity index (χ1n) is 6.20. The van der Waals surface area contributed by atoms with Crippen molar-refractivity contribution in [2.45, 2.75) is 33.5 Å². The van der Waals surface area contributed by atoms with E-state index in [4.69, 9.17) is 9.47 Å². The Morgan fingerprint density at radius 3 is 2.18 bits per heavy atom. The second-order valence-corrected chi connectivity index (χ2v) is 3.57. The molecule has 0 aliphatic heterocycles. The number of methoxy groups -OCH3 is 1. The van der Waals surface area contributed by atoms with Crippen LogP contribution in [0.15, 0.2) is 0 Å². The van der Waals surface area contributed by atoms with Crippen molar-refractivity contribution in [1.29, 1.82) is 0 Å². The minimum atomic E-state index is -0.212. The SMILES string of the molecule is CCOC(CCN(CC)CC(=O)OC)OCC. The summed E-state index contributed by atoms with van der Waals surface area (Å²) in [5.41, 5.74) is 0. The molecule has 0 radical (unpaired) electrons. The maximum Gasteiger partial charge on any atom is 0.319 e. The van der Waals surface area contributed by atoms with Gasteiger partial charge in [0.25, 0.3) is 0 Å². The van der Waals surface area contributed by atoms with Crippen LogP contribution in [0.1, 0.15) is 27.2 Å². The molecule has 0 N–H and O–H groups in total. The van der Waals surface area contributed by atoms with Crippen LogP contribution in [0, 0.1) is 0 Å². The molecule has 0 spiro atoms. The van der Waals surface area contributed by atoms with Crippen molar-refractivity contribution in [3.05, 3.63) is 0 Å². The van der Waals surface area contributed by atoms with Crippen molar-refractivity contribution in [3.63, 3.8) is 0 Å². The third kappa shape index (κ3) is 8.12. The van der Waals surface area contributed by atoms with Crippen molar-refractivity contribution in [3.8, 4) is 0 Å². The third-order valence-electron chi connectivity index (χ3n) is 2.41. The van der Waals surface area contributed by atoms with E-state index in [1.807, 2.05) is 25.7 Å². The Bertz CT molecular complexity index is 193. The highest BCUT2D eigenvalue weighted by Crippen LogP contribution is 2.03. The highest BCUT2D eigenvalue weighted by atomic mass is 16.7. The van der Waals surface area contributed by atoms with Gasteiger partial charge >= 0.3 is 5.97 Å². The number of hydrogen-bond acceptors (Lipinski definition) is 5. The van der Waals surface area contributed by atoms with Gasteiger partial charge in [-0.3, -0.25) is 9.69 Å². The summed E-state index contributed by atoms with van der Waals surface area (Å²) in [5.74, 6) is -0.212. The minimum absolute atomic E-state index is 0.184. The van der Waals surface area contributed by atoms with Gasteiger partial charge in [0, 0.05) is 26.2 Å². The average Bonchev–Trinajstić information content (AvgIpc) is 2.34. The van der Waals surface area contributed by atoms with Crippen LogP contribution in [0.5, 0.6) is 0 Å². The maximum atomic E-state index is 11.2. The molecule has 5 nitrogen and oxygen atoms in total. The quantitative estimate of drug-likeness (QED) is 0.430. The van der Waals surface area contributed by atoms with Gasteiger partial charge in [0.15, 0.2) is 6.29 Å². The first kappa shape index (κ1) is 16.4. The summed E-state index contributed by atoms with van der Waals surface area (Å²) in [5, 5.41) is 0. The summed E-state index contributed by atoms with van der Waals surface area (Å²) in [4.78, 5) is 13.2. The van der Waals surface area contributed by atoms with E-state index in [9.17, 15) is 4.79 Å². The molecule has 0 unspecified atom stereocenters. The maximum absolute atomic E-state index is 11.2. The average molecular weight is 247 g/mol. The molecule has 0 saturated heterocycles. The molecule has 0 aromatic carbocycles.